The molecule has 1 N–H and O–H groups in total. The van der Waals surface area contributed by atoms with E-state index in [9.17, 15) is 4.79 Å². The maximum Gasteiger partial charge on any atom is 0.306 e. The van der Waals surface area contributed by atoms with Crippen LogP contribution in [0.15, 0.2) is 11.6 Å². The molecule has 5 saturated carbocycles. The van der Waals surface area contributed by atoms with Gasteiger partial charge in [-0.05, 0) is 98.7 Å². The summed E-state index contributed by atoms with van der Waals surface area (Å²) >= 11 is 0. The van der Waals surface area contributed by atoms with Crippen molar-refractivity contribution in [3.8, 4) is 0 Å². The summed E-state index contributed by atoms with van der Waals surface area (Å²) in [5.74, 6) is 3.45. The molecular weight excluding hydrogens is 406 g/mol. The third-order valence-corrected chi connectivity index (χ3v) is 11.6. The van der Waals surface area contributed by atoms with Gasteiger partial charge in [-0.1, -0.05) is 51.2 Å². The van der Waals surface area contributed by atoms with Crippen LogP contribution < -0.4 is 5.32 Å². The van der Waals surface area contributed by atoms with Gasteiger partial charge in [-0.2, -0.15) is 0 Å². The van der Waals surface area contributed by atoms with Crippen molar-refractivity contribution in [2.45, 2.75) is 135 Å². The number of nitrogens with one attached hydrogen (secondary N) is 1. The Morgan fingerprint density at radius 2 is 1.82 bits per heavy atom. The Labute approximate surface area is 201 Å². The van der Waals surface area contributed by atoms with Crippen LogP contribution in [0.2, 0.25) is 0 Å². The smallest absolute Gasteiger partial charge is 0.306 e. The van der Waals surface area contributed by atoms with E-state index in [2.05, 4.69) is 25.2 Å². The molecule has 0 heterocycles. The number of fused-ring (bicyclic) bond motifs is 5. The van der Waals surface area contributed by atoms with Gasteiger partial charge in [0.25, 0.3) is 0 Å². The number of hydrogen-bond acceptors (Lipinski definition) is 3. The Bertz CT molecular complexity index is 780. The Morgan fingerprint density at radius 3 is 2.61 bits per heavy atom. The molecule has 3 nitrogen and oxygen atoms in total. The van der Waals surface area contributed by atoms with Crippen LogP contribution in [-0.4, -0.2) is 24.2 Å². The highest BCUT2D eigenvalue weighted by atomic mass is 16.5. The van der Waals surface area contributed by atoms with Gasteiger partial charge in [0.1, 0.15) is 6.10 Å². The third-order valence-electron chi connectivity index (χ3n) is 11.6. The SMILES string of the molecule is C[C@]12CCC(OC(=O)CCC3CCCC3)CC1=CC[C@@H]1[C@H]2CC[C@]2(C)C(NC3CC3)CC[C@@H]12. The molecule has 33 heavy (non-hydrogen) atoms. The molecule has 6 aliphatic carbocycles. The number of carbonyl (C=O) groups excluding carboxylic acids is 1. The number of rotatable bonds is 6. The zero-order valence-corrected chi connectivity index (χ0v) is 21.2. The molecule has 6 rings (SSSR count). The molecule has 0 aromatic heterocycles. The van der Waals surface area contributed by atoms with Crippen LogP contribution in [0, 0.1) is 34.5 Å². The van der Waals surface area contributed by atoms with Crippen molar-refractivity contribution in [1.29, 1.82) is 0 Å². The van der Waals surface area contributed by atoms with Crippen molar-refractivity contribution in [3.05, 3.63) is 11.6 Å². The number of carbonyl (C=O) groups is 1. The van der Waals surface area contributed by atoms with Crippen molar-refractivity contribution in [2.24, 2.45) is 34.5 Å². The summed E-state index contributed by atoms with van der Waals surface area (Å²) in [5, 5.41) is 4.04. The maximum absolute atomic E-state index is 12.6. The predicted octanol–water partition coefficient (Wildman–Crippen LogP) is 6.95. The van der Waals surface area contributed by atoms with Crippen molar-refractivity contribution in [3.63, 3.8) is 0 Å². The van der Waals surface area contributed by atoms with E-state index in [0.29, 0.717) is 17.3 Å². The Kier molecular flexibility index (Phi) is 5.95. The maximum atomic E-state index is 12.6. The van der Waals surface area contributed by atoms with E-state index >= 15 is 0 Å². The van der Waals surface area contributed by atoms with E-state index in [1.54, 1.807) is 5.57 Å². The predicted molar refractivity (Wildman–Crippen MR) is 133 cm³/mol. The molecule has 6 aliphatic rings. The van der Waals surface area contributed by atoms with Crippen LogP contribution in [0.5, 0.6) is 0 Å². The van der Waals surface area contributed by atoms with E-state index in [1.807, 2.05) is 0 Å². The fraction of sp³-hybridized carbons (Fsp3) is 0.900. The molecule has 0 saturated heterocycles. The zero-order valence-electron chi connectivity index (χ0n) is 21.2. The minimum atomic E-state index is 0.0679. The topological polar surface area (TPSA) is 38.3 Å². The zero-order chi connectivity index (χ0) is 22.6. The Balaban J connectivity index is 1.09. The number of allylic oxidation sites excluding steroid dienone is 1. The second kappa shape index (κ2) is 8.68. The van der Waals surface area contributed by atoms with Crippen LogP contribution in [0.25, 0.3) is 0 Å². The molecule has 2 unspecified atom stereocenters. The van der Waals surface area contributed by atoms with Gasteiger partial charge in [0.15, 0.2) is 0 Å². The average molecular weight is 454 g/mol. The van der Waals surface area contributed by atoms with Crippen molar-refractivity contribution in [1.82, 2.24) is 5.32 Å². The van der Waals surface area contributed by atoms with Crippen molar-refractivity contribution >= 4 is 5.97 Å². The van der Waals surface area contributed by atoms with Gasteiger partial charge in [-0.15, -0.1) is 0 Å². The van der Waals surface area contributed by atoms with Gasteiger partial charge in [-0.25, -0.2) is 0 Å². The molecule has 3 heteroatoms. The summed E-state index contributed by atoms with van der Waals surface area (Å²) in [6.45, 7) is 5.20. The van der Waals surface area contributed by atoms with Crippen molar-refractivity contribution in [2.75, 3.05) is 0 Å². The first-order valence-corrected chi connectivity index (χ1v) is 14.6. The van der Waals surface area contributed by atoms with E-state index in [0.717, 1.165) is 55.0 Å². The summed E-state index contributed by atoms with van der Waals surface area (Å²) in [6, 6.07) is 1.59. The first-order chi connectivity index (χ1) is 16.0. The van der Waals surface area contributed by atoms with Gasteiger partial charge in [0, 0.05) is 24.9 Å². The molecule has 0 aliphatic heterocycles. The normalized spacial score (nSPS) is 45.2. The monoisotopic (exact) mass is 453 g/mol. The largest absolute Gasteiger partial charge is 0.462 e. The highest BCUT2D eigenvalue weighted by molar-refractivity contribution is 5.69. The second-order valence-electron chi connectivity index (χ2n) is 13.4. The number of ether oxygens (including phenoxy) is 1. The quantitative estimate of drug-likeness (QED) is 0.349. The molecule has 0 bridgehead atoms. The molecule has 0 aromatic rings. The van der Waals surface area contributed by atoms with Crippen LogP contribution in [0.1, 0.15) is 117 Å². The van der Waals surface area contributed by atoms with Crippen LogP contribution in [0.4, 0.5) is 0 Å². The van der Waals surface area contributed by atoms with Gasteiger partial charge < -0.3 is 10.1 Å². The van der Waals surface area contributed by atoms with E-state index in [4.69, 9.17) is 4.74 Å². The van der Waals surface area contributed by atoms with Gasteiger partial charge in [0.2, 0.25) is 0 Å². The molecule has 0 radical (unpaired) electrons. The standard InChI is InChI=1S/C30H47NO2/c1-29-17-15-23(33-28(32)14-7-20-5-3-4-6-20)19-21(29)8-11-24-25-12-13-27(31-22-9-10-22)30(25,2)18-16-26(24)29/h8,20,22-27,31H,3-7,9-19H2,1-2H3/t23?,24-,25-,26+,27?,29-,30-/m0/s1. The number of hydrogen-bond donors (Lipinski definition) is 1. The first kappa shape index (κ1) is 22.6. The lowest BCUT2D eigenvalue weighted by Crippen LogP contribution is -2.53. The molecule has 0 aromatic carbocycles. The van der Waals surface area contributed by atoms with Crippen molar-refractivity contribution < 1.29 is 9.53 Å². The number of esters is 1. The lowest BCUT2D eigenvalue weighted by molar-refractivity contribution is -0.151. The lowest BCUT2D eigenvalue weighted by atomic mass is 9.48. The van der Waals surface area contributed by atoms with Gasteiger partial charge in [-0.3, -0.25) is 4.79 Å². The second-order valence-corrected chi connectivity index (χ2v) is 13.4. The van der Waals surface area contributed by atoms with Crippen LogP contribution >= 0.6 is 0 Å². The fourth-order valence-corrected chi connectivity index (χ4v) is 9.40. The summed E-state index contributed by atoms with van der Waals surface area (Å²) < 4.78 is 6.04. The molecule has 0 amide bonds. The van der Waals surface area contributed by atoms with Crippen LogP contribution in [0.3, 0.4) is 0 Å². The Hall–Kier alpha value is -0.830. The molecule has 0 spiro atoms. The summed E-state index contributed by atoms with van der Waals surface area (Å²) in [4.78, 5) is 12.6. The summed E-state index contributed by atoms with van der Waals surface area (Å²) in [5.41, 5.74) is 2.49. The molecule has 5 fully saturated rings. The molecule has 7 atom stereocenters. The lowest BCUT2D eigenvalue weighted by Gasteiger charge is -2.58. The minimum absolute atomic E-state index is 0.0679. The minimum Gasteiger partial charge on any atom is -0.462 e. The van der Waals surface area contributed by atoms with Gasteiger partial charge >= 0.3 is 5.97 Å². The third kappa shape index (κ3) is 4.13. The first-order valence-electron chi connectivity index (χ1n) is 14.6. The van der Waals surface area contributed by atoms with Crippen LogP contribution in [-0.2, 0) is 9.53 Å². The fourth-order valence-electron chi connectivity index (χ4n) is 9.40. The molecule has 184 valence electrons. The van der Waals surface area contributed by atoms with Gasteiger partial charge in [0.05, 0.1) is 0 Å². The summed E-state index contributed by atoms with van der Waals surface area (Å²) in [7, 11) is 0. The average Bonchev–Trinajstić information content (AvgIpc) is 3.34. The molecular formula is C30H47NO2. The van der Waals surface area contributed by atoms with E-state index < -0.39 is 0 Å². The highest BCUT2D eigenvalue weighted by Crippen LogP contribution is 2.65. The van der Waals surface area contributed by atoms with E-state index in [-0.39, 0.29) is 12.1 Å². The summed E-state index contributed by atoms with van der Waals surface area (Å²) in [6.07, 6.45) is 22.8. The highest BCUT2D eigenvalue weighted by Gasteiger charge is 2.59. The Morgan fingerprint density at radius 1 is 1.00 bits per heavy atom. The van der Waals surface area contributed by atoms with E-state index in [1.165, 1.54) is 77.0 Å².